The zero-order valence-corrected chi connectivity index (χ0v) is 14.4. The lowest BCUT2D eigenvalue weighted by Gasteiger charge is -2.17. The maximum absolute atomic E-state index is 12.7. The van der Waals surface area contributed by atoms with Crippen molar-refractivity contribution in [3.05, 3.63) is 59.2 Å². The zero-order valence-electron chi connectivity index (χ0n) is 13.6. The number of aryl methyl sites for hydroxylation is 2. The molecule has 1 fully saturated rings. The number of amides is 2. The summed E-state index contributed by atoms with van der Waals surface area (Å²) in [5.74, 6) is -1.79. The highest BCUT2D eigenvalue weighted by Gasteiger charge is 2.41. The number of para-hydroxylation sites is 1. The van der Waals surface area contributed by atoms with Gasteiger partial charge in [-0.05, 0) is 54.9 Å². The molecule has 1 unspecified atom stereocenters. The highest BCUT2D eigenvalue weighted by atomic mass is 32.2. The molecule has 25 heavy (non-hydrogen) atoms. The first-order valence-electron chi connectivity index (χ1n) is 7.57. The van der Waals surface area contributed by atoms with Crippen molar-refractivity contribution >= 4 is 40.3 Å². The van der Waals surface area contributed by atoms with Crippen LogP contribution in [-0.2, 0) is 4.79 Å². The number of nitrogens with zero attached hydrogens (tertiary/aromatic N) is 1. The second-order valence-corrected chi connectivity index (χ2v) is 6.74. The molecule has 7 heteroatoms. The van der Waals surface area contributed by atoms with Gasteiger partial charge in [-0.25, -0.2) is 4.90 Å². The normalized spacial score (nSPS) is 17.0. The number of thioether (sulfide) groups is 1. The molecule has 1 aliphatic rings. The maximum Gasteiger partial charge on any atom is 0.295 e. The number of carboxylic acid groups (broad SMARTS) is 1. The Bertz CT molecular complexity index is 881. The van der Waals surface area contributed by atoms with E-state index in [2.05, 4.69) is 5.32 Å². The number of rotatable bonds is 4. The van der Waals surface area contributed by atoms with Gasteiger partial charge in [0.05, 0.1) is 11.7 Å². The summed E-state index contributed by atoms with van der Waals surface area (Å²) in [5, 5.41) is 12.7. The summed E-state index contributed by atoms with van der Waals surface area (Å²) in [6.45, 7) is 3.85. The third kappa shape index (κ3) is 3.23. The van der Waals surface area contributed by atoms with Gasteiger partial charge in [-0.2, -0.15) is 0 Å². The molecule has 2 aromatic carbocycles. The molecular formula is C18H15N2O4S-. The van der Waals surface area contributed by atoms with Crippen LogP contribution in [0.1, 0.15) is 21.5 Å². The Kier molecular flexibility index (Phi) is 4.50. The maximum atomic E-state index is 12.7. The van der Waals surface area contributed by atoms with Crippen LogP contribution in [0.3, 0.4) is 0 Å². The largest absolute Gasteiger partial charge is 0.545 e. The summed E-state index contributed by atoms with van der Waals surface area (Å²) in [4.78, 5) is 37.2. The average Bonchev–Trinajstić information content (AvgIpc) is 2.84. The first-order valence-corrected chi connectivity index (χ1v) is 8.45. The average molecular weight is 355 g/mol. The van der Waals surface area contributed by atoms with Crippen LogP contribution in [0.15, 0.2) is 42.5 Å². The van der Waals surface area contributed by atoms with Gasteiger partial charge in [0, 0.05) is 11.3 Å². The van der Waals surface area contributed by atoms with Crippen molar-refractivity contribution < 1.29 is 19.5 Å². The number of carbonyl (C=O) groups excluding carboxylic acids is 3. The van der Waals surface area contributed by atoms with Crippen molar-refractivity contribution in [3.63, 3.8) is 0 Å². The fourth-order valence-electron chi connectivity index (χ4n) is 2.53. The Labute approximate surface area is 148 Å². The molecule has 6 nitrogen and oxygen atoms in total. The number of hydrogen-bond acceptors (Lipinski definition) is 6. The van der Waals surface area contributed by atoms with Crippen LogP contribution in [0.5, 0.6) is 0 Å². The van der Waals surface area contributed by atoms with Crippen LogP contribution >= 0.6 is 11.8 Å². The Morgan fingerprint density at radius 3 is 2.52 bits per heavy atom. The van der Waals surface area contributed by atoms with Crippen molar-refractivity contribution in [2.45, 2.75) is 19.2 Å². The lowest BCUT2D eigenvalue weighted by atomic mass is 10.1. The number of benzene rings is 2. The number of hydrogen-bond donors (Lipinski definition) is 1. The molecule has 2 aromatic rings. The van der Waals surface area contributed by atoms with Crippen LogP contribution in [0.4, 0.5) is 16.2 Å². The number of carboxylic acids is 1. The lowest BCUT2D eigenvalue weighted by Crippen LogP contribution is -2.35. The lowest BCUT2D eigenvalue weighted by molar-refractivity contribution is -0.254. The summed E-state index contributed by atoms with van der Waals surface area (Å²) >= 11 is 0.815. The van der Waals surface area contributed by atoms with E-state index in [4.69, 9.17) is 0 Å². The van der Waals surface area contributed by atoms with Crippen LogP contribution in [0, 0.1) is 13.8 Å². The van der Waals surface area contributed by atoms with E-state index < -0.39 is 22.5 Å². The smallest absolute Gasteiger partial charge is 0.295 e. The Hall–Kier alpha value is -2.80. The minimum absolute atomic E-state index is 0.0621. The summed E-state index contributed by atoms with van der Waals surface area (Å²) < 4.78 is 0. The van der Waals surface area contributed by atoms with Crippen LogP contribution in [-0.4, -0.2) is 22.5 Å². The second-order valence-electron chi connectivity index (χ2n) is 5.68. The van der Waals surface area contributed by atoms with E-state index in [0.717, 1.165) is 27.8 Å². The molecule has 1 aliphatic heterocycles. The molecule has 2 amide bonds. The van der Waals surface area contributed by atoms with E-state index >= 15 is 0 Å². The number of aromatic carboxylic acids is 1. The van der Waals surface area contributed by atoms with Gasteiger partial charge < -0.3 is 15.2 Å². The first-order chi connectivity index (χ1) is 11.9. The van der Waals surface area contributed by atoms with Crippen LogP contribution < -0.4 is 15.3 Å². The van der Waals surface area contributed by atoms with Gasteiger partial charge in [0.2, 0.25) is 0 Å². The van der Waals surface area contributed by atoms with E-state index in [1.807, 2.05) is 19.9 Å². The van der Waals surface area contributed by atoms with Crippen LogP contribution in [0.25, 0.3) is 0 Å². The van der Waals surface area contributed by atoms with E-state index in [9.17, 15) is 19.5 Å². The molecule has 0 saturated carbocycles. The summed E-state index contributed by atoms with van der Waals surface area (Å²) in [6.07, 6.45) is 0. The highest BCUT2D eigenvalue weighted by molar-refractivity contribution is 8.16. The number of imide groups is 1. The van der Waals surface area contributed by atoms with Crippen molar-refractivity contribution in [2.75, 3.05) is 10.2 Å². The van der Waals surface area contributed by atoms with Gasteiger partial charge >= 0.3 is 0 Å². The molecule has 0 bridgehead atoms. The second kappa shape index (κ2) is 6.60. The predicted molar refractivity (Wildman–Crippen MR) is 94.6 cm³/mol. The first kappa shape index (κ1) is 17.0. The molecule has 1 heterocycles. The SMILES string of the molecule is Cc1ccc(N2C(=O)SC(Nc3ccccc3C(=O)[O-])C2=O)cc1C. The van der Waals surface area contributed by atoms with Crippen LogP contribution in [0.2, 0.25) is 0 Å². The standard InChI is InChI=1S/C18H16N2O4S/c1-10-7-8-12(9-11(10)2)20-16(21)15(25-18(20)24)19-14-6-4-3-5-13(14)17(22)23/h3-9,15,19H,1-2H3,(H,22,23)/p-1. The quantitative estimate of drug-likeness (QED) is 0.905. The Morgan fingerprint density at radius 2 is 1.84 bits per heavy atom. The molecule has 1 saturated heterocycles. The highest BCUT2D eigenvalue weighted by Crippen LogP contribution is 2.33. The van der Waals surface area contributed by atoms with Crippen molar-refractivity contribution in [1.29, 1.82) is 0 Å². The van der Waals surface area contributed by atoms with Crippen molar-refractivity contribution in [3.8, 4) is 0 Å². The van der Waals surface area contributed by atoms with Gasteiger partial charge in [0.15, 0.2) is 5.37 Å². The van der Waals surface area contributed by atoms with Gasteiger partial charge in [-0.3, -0.25) is 9.59 Å². The predicted octanol–water partition coefficient (Wildman–Crippen LogP) is 2.30. The molecule has 3 rings (SSSR count). The van der Waals surface area contributed by atoms with E-state index in [-0.39, 0.29) is 11.3 Å². The van der Waals surface area contributed by atoms with Crippen molar-refractivity contribution in [2.24, 2.45) is 0 Å². The minimum atomic E-state index is -1.35. The molecular weight excluding hydrogens is 340 g/mol. The summed E-state index contributed by atoms with van der Waals surface area (Å²) in [5.41, 5.74) is 2.72. The third-order valence-electron chi connectivity index (χ3n) is 4.03. The fraction of sp³-hybridized carbons (Fsp3) is 0.167. The van der Waals surface area contributed by atoms with Gasteiger partial charge in [-0.1, -0.05) is 24.3 Å². The van der Waals surface area contributed by atoms with E-state index in [1.54, 1.807) is 24.3 Å². The topological polar surface area (TPSA) is 89.5 Å². The Balaban J connectivity index is 1.87. The molecule has 0 aromatic heterocycles. The van der Waals surface area contributed by atoms with E-state index in [1.165, 1.54) is 12.1 Å². The molecule has 1 atom stereocenters. The Morgan fingerprint density at radius 1 is 1.12 bits per heavy atom. The minimum Gasteiger partial charge on any atom is -0.545 e. The molecule has 1 N–H and O–H groups in total. The summed E-state index contributed by atoms with van der Waals surface area (Å²) in [7, 11) is 0. The van der Waals surface area contributed by atoms with Gasteiger partial charge in [0.25, 0.3) is 11.1 Å². The monoisotopic (exact) mass is 355 g/mol. The zero-order chi connectivity index (χ0) is 18.1. The molecule has 0 radical (unpaired) electrons. The molecule has 0 spiro atoms. The van der Waals surface area contributed by atoms with Gasteiger partial charge in [0.1, 0.15) is 0 Å². The number of anilines is 2. The number of carbonyl (C=O) groups is 3. The summed E-state index contributed by atoms with van der Waals surface area (Å²) in [6, 6.07) is 11.5. The fourth-order valence-corrected chi connectivity index (χ4v) is 3.42. The number of nitrogens with one attached hydrogen (secondary N) is 1. The van der Waals surface area contributed by atoms with Crippen molar-refractivity contribution in [1.82, 2.24) is 0 Å². The molecule has 0 aliphatic carbocycles. The van der Waals surface area contributed by atoms with Gasteiger partial charge in [-0.15, -0.1) is 0 Å². The molecule has 128 valence electrons. The van der Waals surface area contributed by atoms with E-state index in [0.29, 0.717) is 5.69 Å². The third-order valence-corrected chi connectivity index (χ3v) is 4.97.